The number of amides is 1. The van der Waals surface area contributed by atoms with Gasteiger partial charge in [0.2, 0.25) is 0 Å². The number of hydrogen-bond acceptors (Lipinski definition) is 7. The Kier molecular flexibility index (Phi) is 4.55. The van der Waals surface area contributed by atoms with Crippen LogP contribution in [0, 0.1) is 0 Å². The van der Waals surface area contributed by atoms with Crippen molar-refractivity contribution in [1.29, 1.82) is 0 Å². The van der Waals surface area contributed by atoms with Crippen LogP contribution < -0.4 is 16.0 Å². The molecule has 0 bridgehead atoms. The smallest absolute Gasteiger partial charge is 0.254 e. The second-order valence-corrected chi connectivity index (χ2v) is 5.62. The van der Waals surface area contributed by atoms with E-state index in [-0.39, 0.29) is 18.9 Å². The standard InChI is InChI=1S/C15H17N7O3/c16-13-12-15(19-7-18-13)22(8-20-12)6-11(24)10(23)5-21-3-1-2-9(4-21)14(17)25/h1-4,7-8,10-11,23-24H,5-6H2,(H3-,16,17,18,19,25)/p+1/t10-,11-/m1/s1. The molecule has 0 unspecified atom stereocenters. The van der Waals surface area contributed by atoms with Crippen molar-refractivity contribution in [2.24, 2.45) is 5.73 Å². The molecule has 25 heavy (non-hydrogen) atoms. The molecule has 0 aliphatic carbocycles. The van der Waals surface area contributed by atoms with Crippen molar-refractivity contribution in [3.05, 3.63) is 42.7 Å². The van der Waals surface area contributed by atoms with Crippen molar-refractivity contribution in [2.45, 2.75) is 25.3 Å². The highest BCUT2D eigenvalue weighted by Crippen LogP contribution is 2.15. The summed E-state index contributed by atoms with van der Waals surface area (Å²) in [4.78, 5) is 23.3. The Balaban J connectivity index is 1.72. The molecule has 10 heteroatoms. The number of nitrogen functional groups attached to an aromatic ring is 1. The molecule has 0 aliphatic heterocycles. The Morgan fingerprint density at radius 2 is 2.08 bits per heavy atom. The lowest BCUT2D eigenvalue weighted by atomic mass is 10.2. The Morgan fingerprint density at radius 3 is 2.84 bits per heavy atom. The summed E-state index contributed by atoms with van der Waals surface area (Å²) >= 11 is 0. The van der Waals surface area contributed by atoms with Gasteiger partial charge in [0, 0.05) is 6.07 Å². The molecule has 0 aromatic carbocycles. The molecule has 3 aromatic heterocycles. The van der Waals surface area contributed by atoms with E-state index in [1.807, 2.05) is 0 Å². The second-order valence-electron chi connectivity index (χ2n) is 5.62. The molecule has 3 rings (SSSR count). The zero-order valence-electron chi connectivity index (χ0n) is 13.2. The van der Waals surface area contributed by atoms with Crippen LogP contribution in [0.4, 0.5) is 5.82 Å². The van der Waals surface area contributed by atoms with Crippen LogP contribution in [0.3, 0.4) is 0 Å². The number of hydrogen-bond donors (Lipinski definition) is 4. The number of fused-ring (bicyclic) bond motifs is 1. The average molecular weight is 344 g/mol. The van der Waals surface area contributed by atoms with Crippen LogP contribution in [0.2, 0.25) is 0 Å². The summed E-state index contributed by atoms with van der Waals surface area (Å²) in [5.41, 5.74) is 12.2. The Hall–Kier alpha value is -3.11. The lowest BCUT2D eigenvalue weighted by Crippen LogP contribution is -2.45. The number of carbonyl (C=O) groups is 1. The zero-order valence-corrected chi connectivity index (χ0v) is 13.2. The van der Waals surface area contributed by atoms with Crippen LogP contribution >= 0.6 is 0 Å². The van der Waals surface area contributed by atoms with Gasteiger partial charge in [-0.3, -0.25) is 4.79 Å². The molecule has 3 heterocycles. The summed E-state index contributed by atoms with van der Waals surface area (Å²) in [5, 5.41) is 20.5. The molecule has 1 amide bonds. The van der Waals surface area contributed by atoms with Crippen molar-refractivity contribution in [3.8, 4) is 0 Å². The van der Waals surface area contributed by atoms with E-state index in [1.54, 1.807) is 27.5 Å². The van der Waals surface area contributed by atoms with Crippen molar-refractivity contribution < 1.29 is 19.6 Å². The molecule has 3 aromatic rings. The van der Waals surface area contributed by atoms with Crippen LogP contribution in [-0.4, -0.2) is 47.8 Å². The zero-order chi connectivity index (χ0) is 18.0. The highest BCUT2D eigenvalue weighted by molar-refractivity contribution is 5.92. The van der Waals surface area contributed by atoms with E-state index in [4.69, 9.17) is 11.5 Å². The van der Waals surface area contributed by atoms with Crippen LogP contribution in [-0.2, 0) is 13.1 Å². The molecular weight excluding hydrogens is 326 g/mol. The number of primary amides is 1. The van der Waals surface area contributed by atoms with Crippen LogP contribution in [0.15, 0.2) is 37.2 Å². The van der Waals surface area contributed by atoms with Gasteiger partial charge in [-0.1, -0.05) is 0 Å². The topological polar surface area (TPSA) is 157 Å². The number of anilines is 1. The highest BCUT2D eigenvalue weighted by Gasteiger charge is 2.23. The molecule has 2 atom stereocenters. The third kappa shape index (κ3) is 3.54. The van der Waals surface area contributed by atoms with Gasteiger partial charge >= 0.3 is 0 Å². The maximum absolute atomic E-state index is 11.2. The van der Waals surface area contributed by atoms with E-state index in [0.29, 0.717) is 16.7 Å². The highest BCUT2D eigenvalue weighted by atomic mass is 16.3. The number of imidazole rings is 1. The molecule has 0 fully saturated rings. The lowest BCUT2D eigenvalue weighted by Gasteiger charge is -2.16. The van der Waals surface area contributed by atoms with Crippen LogP contribution in [0.1, 0.15) is 10.4 Å². The van der Waals surface area contributed by atoms with Crippen LogP contribution in [0.5, 0.6) is 0 Å². The van der Waals surface area contributed by atoms with Gasteiger partial charge < -0.3 is 26.2 Å². The van der Waals surface area contributed by atoms with Gasteiger partial charge in [0.1, 0.15) is 29.6 Å². The summed E-state index contributed by atoms with van der Waals surface area (Å²) < 4.78 is 3.17. The third-order valence-electron chi connectivity index (χ3n) is 3.80. The molecular formula is C15H18N7O3+. The van der Waals surface area contributed by atoms with Crippen LogP contribution in [0.25, 0.3) is 11.2 Å². The predicted molar refractivity (Wildman–Crippen MR) is 86.9 cm³/mol. The summed E-state index contributed by atoms with van der Waals surface area (Å²) in [6, 6.07) is 3.21. The first kappa shape index (κ1) is 16.7. The number of aliphatic hydroxyl groups excluding tert-OH is 2. The SMILES string of the molecule is NC(=O)c1ccc[n+](C[C@@H](O)[C@H](O)Cn2cnc3c(N)ncnc32)c1. The maximum atomic E-state index is 11.2. The minimum atomic E-state index is -1.08. The van der Waals surface area contributed by atoms with Gasteiger partial charge in [0.15, 0.2) is 30.4 Å². The minimum Gasteiger partial charge on any atom is -0.388 e. The number of aliphatic hydroxyl groups is 2. The van der Waals surface area contributed by atoms with Crippen molar-refractivity contribution in [2.75, 3.05) is 5.73 Å². The van der Waals surface area contributed by atoms with E-state index in [2.05, 4.69) is 15.0 Å². The Morgan fingerprint density at radius 1 is 1.28 bits per heavy atom. The fourth-order valence-electron chi connectivity index (χ4n) is 2.47. The molecule has 0 aliphatic rings. The first-order valence-corrected chi connectivity index (χ1v) is 7.52. The molecule has 10 nitrogen and oxygen atoms in total. The van der Waals surface area contributed by atoms with E-state index in [1.165, 1.54) is 18.9 Å². The van der Waals surface area contributed by atoms with E-state index < -0.39 is 18.1 Å². The fraction of sp³-hybridized carbons (Fsp3) is 0.267. The summed E-state index contributed by atoms with van der Waals surface area (Å²) in [7, 11) is 0. The van der Waals surface area contributed by atoms with Gasteiger partial charge in [-0.25, -0.2) is 19.5 Å². The van der Waals surface area contributed by atoms with Crippen molar-refractivity contribution in [1.82, 2.24) is 19.5 Å². The summed E-state index contributed by atoms with van der Waals surface area (Å²) in [6.07, 6.45) is 3.81. The Labute approximate surface area is 142 Å². The van der Waals surface area contributed by atoms with Gasteiger partial charge in [-0.15, -0.1) is 0 Å². The lowest BCUT2D eigenvalue weighted by molar-refractivity contribution is -0.704. The van der Waals surface area contributed by atoms with Gasteiger partial charge in [0.05, 0.1) is 12.9 Å². The van der Waals surface area contributed by atoms with E-state index in [0.717, 1.165) is 0 Å². The van der Waals surface area contributed by atoms with E-state index >= 15 is 0 Å². The average Bonchev–Trinajstić information content (AvgIpc) is 2.99. The molecule has 130 valence electrons. The van der Waals surface area contributed by atoms with Gasteiger partial charge in [-0.2, -0.15) is 0 Å². The number of nitrogens with two attached hydrogens (primary N) is 2. The van der Waals surface area contributed by atoms with Gasteiger partial charge in [-0.05, 0) is 6.07 Å². The number of carbonyl (C=O) groups excluding carboxylic acids is 1. The normalized spacial score (nSPS) is 13.7. The van der Waals surface area contributed by atoms with Crippen molar-refractivity contribution >= 4 is 22.9 Å². The number of pyridine rings is 1. The first-order valence-electron chi connectivity index (χ1n) is 7.52. The summed E-state index contributed by atoms with van der Waals surface area (Å²) in [6.45, 7) is 0.163. The predicted octanol–water partition coefficient (Wildman–Crippen LogP) is -1.78. The summed E-state index contributed by atoms with van der Waals surface area (Å²) in [5.74, 6) is -0.316. The molecule has 0 spiro atoms. The second kappa shape index (κ2) is 6.79. The molecule has 0 saturated carbocycles. The van der Waals surface area contributed by atoms with Crippen molar-refractivity contribution in [3.63, 3.8) is 0 Å². The largest absolute Gasteiger partial charge is 0.388 e. The monoisotopic (exact) mass is 344 g/mol. The van der Waals surface area contributed by atoms with Gasteiger partial charge in [0.25, 0.3) is 5.91 Å². The minimum absolute atomic E-state index is 0.0736. The first-order chi connectivity index (χ1) is 12.0. The maximum Gasteiger partial charge on any atom is 0.254 e. The number of aromatic nitrogens is 5. The Bertz CT molecular complexity index is 911. The third-order valence-corrected chi connectivity index (χ3v) is 3.80. The van der Waals surface area contributed by atoms with E-state index in [9.17, 15) is 15.0 Å². The fourth-order valence-corrected chi connectivity index (χ4v) is 2.47. The molecule has 6 N–H and O–H groups in total. The quantitative estimate of drug-likeness (QED) is 0.385. The molecule has 0 saturated heterocycles. The molecule has 0 radical (unpaired) electrons. The number of rotatable bonds is 6. The number of nitrogens with zero attached hydrogens (tertiary/aromatic N) is 5.